The van der Waals surface area contributed by atoms with E-state index in [9.17, 15) is 19.6 Å². The van der Waals surface area contributed by atoms with Crippen molar-refractivity contribution in [1.29, 1.82) is 5.26 Å². The monoisotopic (exact) mass is 511 g/mol. The molecule has 0 aliphatic heterocycles. The Bertz CT molecular complexity index is 1480. The number of nitriles is 1. The summed E-state index contributed by atoms with van der Waals surface area (Å²) >= 11 is 5.98. The number of H-pyrrole nitrogens is 1. The molecule has 0 spiro atoms. The number of aromatic amines is 1. The van der Waals surface area contributed by atoms with E-state index in [1.165, 1.54) is 17.7 Å². The number of nitrogens with zero attached hydrogens (tertiary/aromatic N) is 4. The molecule has 0 radical (unpaired) electrons. The summed E-state index contributed by atoms with van der Waals surface area (Å²) in [5, 5.41) is 10.1. The number of aromatic nitrogens is 3. The quantitative estimate of drug-likeness (QED) is 0.462. The molecule has 1 N–H and O–H groups in total. The van der Waals surface area contributed by atoms with Gasteiger partial charge in [-0.15, -0.1) is 0 Å². The van der Waals surface area contributed by atoms with Crippen molar-refractivity contribution in [1.82, 2.24) is 14.1 Å². The van der Waals surface area contributed by atoms with Gasteiger partial charge in [0.25, 0.3) is 0 Å². The zero-order valence-electron chi connectivity index (χ0n) is 20.3. The van der Waals surface area contributed by atoms with Crippen LogP contribution in [0.25, 0.3) is 0 Å². The standard InChI is InChI=1S/C25H26ClN5O5/c1-15(2)36-21-10-9-20(11-18(21)12-27)28-23-29-24(33)31(13-16(3)22(32)35-4)25(34)30(23)14-17-5-7-19(26)8-6-17/h5-11,15-16H,13-14H2,1-4H3,(H,28,29,33)/t16-/m0/s1. The maximum Gasteiger partial charge on any atom is 0.335 e. The van der Waals surface area contributed by atoms with Crippen molar-refractivity contribution in [2.24, 2.45) is 10.9 Å². The number of esters is 1. The number of nitrogens with one attached hydrogen (secondary N) is 1. The summed E-state index contributed by atoms with van der Waals surface area (Å²) in [6.45, 7) is 5.14. The van der Waals surface area contributed by atoms with Gasteiger partial charge in [-0.1, -0.05) is 30.7 Å². The average molecular weight is 512 g/mol. The van der Waals surface area contributed by atoms with E-state index < -0.39 is 23.3 Å². The number of benzene rings is 2. The highest BCUT2D eigenvalue weighted by molar-refractivity contribution is 6.30. The number of hydrogen-bond acceptors (Lipinski definition) is 7. The average Bonchev–Trinajstić information content (AvgIpc) is 2.85. The van der Waals surface area contributed by atoms with E-state index in [1.54, 1.807) is 43.3 Å². The van der Waals surface area contributed by atoms with Gasteiger partial charge in [0.2, 0.25) is 5.62 Å². The SMILES string of the molecule is COC(=O)[C@@H](C)Cn1c(=O)[nH]/c(=N\c2ccc(OC(C)C)c(C#N)c2)n(Cc2ccc(Cl)cc2)c1=O. The van der Waals surface area contributed by atoms with E-state index in [2.05, 4.69) is 16.0 Å². The predicted octanol–water partition coefficient (Wildman–Crippen LogP) is 2.74. The minimum absolute atomic E-state index is 0.0247. The van der Waals surface area contributed by atoms with Crippen LogP contribution in [-0.2, 0) is 22.6 Å². The second kappa shape index (κ2) is 11.6. The Labute approximate surface area is 212 Å². The van der Waals surface area contributed by atoms with Crippen LogP contribution in [0, 0.1) is 17.2 Å². The number of halogens is 1. The van der Waals surface area contributed by atoms with Crippen molar-refractivity contribution >= 4 is 23.3 Å². The molecule has 1 aromatic heterocycles. The Hall–Kier alpha value is -4.10. The van der Waals surface area contributed by atoms with Crippen LogP contribution >= 0.6 is 11.6 Å². The molecule has 1 heterocycles. The molecule has 0 aliphatic carbocycles. The predicted molar refractivity (Wildman–Crippen MR) is 133 cm³/mol. The molecular weight excluding hydrogens is 486 g/mol. The molecule has 0 bridgehead atoms. The Morgan fingerprint density at radius 2 is 1.83 bits per heavy atom. The summed E-state index contributed by atoms with van der Waals surface area (Å²) in [6, 6.07) is 13.7. The third-order valence-corrected chi connectivity index (χ3v) is 5.43. The fourth-order valence-corrected chi connectivity index (χ4v) is 3.55. The molecule has 3 aromatic rings. The van der Waals surface area contributed by atoms with Crippen molar-refractivity contribution in [2.75, 3.05) is 7.11 Å². The molecule has 0 fully saturated rings. The summed E-state index contributed by atoms with van der Waals surface area (Å²) in [4.78, 5) is 45.2. The van der Waals surface area contributed by atoms with E-state index in [-0.39, 0.29) is 30.4 Å². The summed E-state index contributed by atoms with van der Waals surface area (Å²) in [5.41, 5.74) is -0.0927. The van der Waals surface area contributed by atoms with Gasteiger partial charge >= 0.3 is 17.3 Å². The molecule has 36 heavy (non-hydrogen) atoms. The maximum atomic E-state index is 13.4. The lowest BCUT2D eigenvalue weighted by molar-refractivity contribution is -0.145. The number of carbonyl (C=O) groups is 1. The smallest absolute Gasteiger partial charge is 0.335 e. The van der Waals surface area contributed by atoms with E-state index in [0.717, 1.165) is 10.1 Å². The van der Waals surface area contributed by atoms with Gasteiger partial charge in [0, 0.05) is 11.6 Å². The molecule has 2 aromatic carbocycles. The molecule has 3 rings (SSSR count). The number of rotatable bonds is 8. The van der Waals surface area contributed by atoms with Gasteiger partial charge in [-0.3, -0.25) is 14.3 Å². The molecule has 10 nitrogen and oxygen atoms in total. The lowest BCUT2D eigenvalue weighted by Gasteiger charge is -2.14. The molecule has 0 saturated carbocycles. The first-order valence-electron chi connectivity index (χ1n) is 11.1. The van der Waals surface area contributed by atoms with Crippen molar-refractivity contribution in [3.8, 4) is 11.8 Å². The molecule has 11 heteroatoms. The zero-order valence-corrected chi connectivity index (χ0v) is 21.1. The van der Waals surface area contributed by atoms with E-state index in [0.29, 0.717) is 16.5 Å². The second-order valence-corrected chi connectivity index (χ2v) is 8.79. The van der Waals surface area contributed by atoms with Crippen LogP contribution in [-0.4, -0.2) is 33.3 Å². The van der Waals surface area contributed by atoms with Crippen LogP contribution in [0.15, 0.2) is 57.0 Å². The highest BCUT2D eigenvalue weighted by Gasteiger charge is 2.18. The van der Waals surface area contributed by atoms with Crippen molar-refractivity contribution < 1.29 is 14.3 Å². The van der Waals surface area contributed by atoms with Crippen LogP contribution in [0.3, 0.4) is 0 Å². The topological polar surface area (TPSA) is 131 Å². The summed E-state index contributed by atoms with van der Waals surface area (Å²) < 4.78 is 12.6. The lowest BCUT2D eigenvalue weighted by atomic mass is 10.2. The van der Waals surface area contributed by atoms with Crippen LogP contribution in [0.1, 0.15) is 31.9 Å². The minimum Gasteiger partial charge on any atom is -0.490 e. The second-order valence-electron chi connectivity index (χ2n) is 8.35. The first kappa shape index (κ1) is 26.5. The zero-order chi connectivity index (χ0) is 26.4. The molecule has 0 saturated heterocycles. The highest BCUT2D eigenvalue weighted by atomic mass is 35.5. The van der Waals surface area contributed by atoms with Crippen LogP contribution < -0.4 is 21.7 Å². The molecule has 188 valence electrons. The van der Waals surface area contributed by atoms with E-state index in [1.807, 2.05) is 13.8 Å². The third-order valence-electron chi connectivity index (χ3n) is 5.18. The van der Waals surface area contributed by atoms with Crippen LogP contribution in [0.4, 0.5) is 5.69 Å². The van der Waals surface area contributed by atoms with Crippen molar-refractivity contribution in [2.45, 2.75) is 40.0 Å². The first-order chi connectivity index (χ1) is 17.1. The van der Waals surface area contributed by atoms with Gasteiger partial charge in [-0.2, -0.15) is 5.26 Å². The maximum absolute atomic E-state index is 13.4. The Balaban J connectivity index is 2.18. The molecule has 0 unspecified atom stereocenters. The fourth-order valence-electron chi connectivity index (χ4n) is 3.42. The van der Waals surface area contributed by atoms with Crippen LogP contribution in [0.2, 0.25) is 5.02 Å². The summed E-state index contributed by atoms with van der Waals surface area (Å²) in [6.07, 6.45) is -0.127. The molecule has 1 atom stereocenters. The third kappa shape index (κ3) is 6.31. The number of methoxy groups -OCH3 is 1. The number of ether oxygens (including phenoxy) is 2. The molecule has 0 amide bonds. The van der Waals surface area contributed by atoms with Gasteiger partial charge < -0.3 is 9.47 Å². The Morgan fingerprint density at radius 3 is 2.44 bits per heavy atom. The fraction of sp³-hybridized carbons (Fsp3) is 0.320. The van der Waals surface area contributed by atoms with Crippen molar-refractivity contribution in [3.05, 3.63) is 85.2 Å². The molecular formula is C25H26ClN5O5. The highest BCUT2D eigenvalue weighted by Crippen LogP contribution is 2.24. The Morgan fingerprint density at radius 1 is 1.14 bits per heavy atom. The van der Waals surface area contributed by atoms with Gasteiger partial charge in [0.15, 0.2) is 0 Å². The van der Waals surface area contributed by atoms with Crippen molar-refractivity contribution in [3.63, 3.8) is 0 Å². The first-order valence-corrected chi connectivity index (χ1v) is 11.5. The van der Waals surface area contributed by atoms with Gasteiger partial charge in [0.05, 0.1) is 36.9 Å². The lowest BCUT2D eigenvalue weighted by Crippen LogP contribution is -2.51. The number of hydrogen-bond donors (Lipinski definition) is 1. The van der Waals surface area contributed by atoms with Crippen LogP contribution in [0.5, 0.6) is 5.75 Å². The van der Waals surface area contributed by atoms with Gasteiger partial charge in [-0.25, -0.2) is 19.1 Å². The normalized spacial score (nSPS) is 12.3. The van der Waals surface area contributed by atoms with Gasteiger partial charge in [-0.05, 0) is 49.7 Å². The largest absolute Gasteiger partial charge is 0.490 e. The Kier molecular flexibility index (Phi) is 8.51. The number of carbonyl (C=O) groups excluding carboxylic acids is 1. The minimum atomic E-state index is -0.734. The van der Waals surface area contributed by atoms with E-state index in [4.69, 9.17) is 21.1 Å². The molecule has 0 aliphatic rings. The summed E-state index contributed by atoms with van der Waals surface area (Å²) in [7, 11) is 1.24. The summed E-state index contributed by atoms with van der Waals surface area (Å²) in [5.74, 6) is -0.875. The van der Waals surface area contributed by atoms with Gasteiger partial charge in [0.1, 0.15) is 11.8 Å². The van der Waals surface area contributed by atoms with E-state index >= 15 is 0 Å².